The zero-order chi connectivity index (χ0) is 14.6. The van der Waals surface area contributed by atoms with Crippen molar-refractivity contribution < 1.29 is 14.7 Å². The number of aromatic carboxylic acids is 1. The predicted octanol–water partition coefficient (Wildman–Crippen LogP) is 3.16. The molecule has 104 valence electrons. The van der Waals surface area contributed by atoms with Gasteiger partial charge in [0.15, 0.2) is 0 Å². The first-order valence-corrected chi connectivity index (χ1v) is 6.95. The topological polar surface area (TPSA) is 66.4 Å². The third kappa shape index (κ3) is 5.34. The number of anilines is 1. The van der Waals surface area contributed by atoms with Gasteiger partial charge in [0.2, 0.25) is 5.91 Å². The van der Waals surface area contributed by atoms with Crippen LogP contribution in [0.5, 0.6) is 0 Å². The van der Waals surface area contributed by atoms with E-state index in [2.05, 4.69) is 5.32 Å². The summed E-state index contributed by atoms with van der Waals surface area (Å²) < 4.78 is 0.0246. The van der Waals surface area contributed by atoms with Crippen LogP contribution in [0.2, 0.25) is 0 Å². The molecule has 0 aliphatic rings. The van der Waals surface area contributed by atoms with E-state index in [4.69, 9.17) is 5.11 Å². The lowest BCUT2D eigenvalue weighted by molar-refractivity contribution is -0.113. The molecule has 0 aliphatic heterocycles. The number of carbonyl (C=O) groups is 2. The molecule has 0 unspecified atom stereocenters. The summed E-state index contributed by atoms with van der Waals surface area (Å²) in [5.74, 6) is -0.766. The second-order valence-corrected chi connectivity index (χ2v) is 7.09. The highest BCUT2D eigenvalue weighted by Crippen LogP contribution is 2.23. The summed E-state index contributed by atoms with van der Waals surface area (Å²) in [4.78, 5) is 22.7. The van der Waals surface area contributed by atoms with Gasteiger partial charge < -0.3 is 10.4 Å². The minimum atomic E-state index is -0.988. The highest BCUT2D eigenvalue weighted by molar-refractivity contribution is 8.01. The van der Waals surface area contributed by atoms with Gasteiger partial charge >= 0.3 is 5.97 Å². The number of nitrogens with one attached hydrogen (secondary N) is 1. The first-order chi connectivity index (χ1) is 8.69. The van der Waals surface area contributed by atoms with Crippen molar-refractivity contribution in [2.75, 3.05) is 11.1 Å². The quantitative estimate of drug-likeness (QED) is 0.889. The van der Waals surface area contributed by atoms with Gasteiger partial charge in [-0.05, 0) is 24.6 Å². The van der Waals surface area contributed by atoms with Crippen molar-refractivity contribution in [2.45, 2.75) is 32.4 Å². The van der Waals surface area contributed by atoms with Crippen LogP contribution in [0.3, 0.4) is 0 Å². The van der Waals surface area contributed by atoms with Crippen LogP contribution in [0.4, 0.5) is 5.69 Å². The number of amides is 1. The molecule has 0 heterocycles. The van der Waals surface area contributed by atoms with Crippen molar-refractivity contribution in [3.05, 3.63) is 29.3 Å². The van der Waals surface area contributed by atoms with E-state index < -0.39 is 5.97 Å². The summed E-state index contributed by atoms with van der Waals surface area (Å²) in [7, 11) is 0. The summed E-state index contributed by atoms with van der Waals surface area (Å²) in [6.45, 7) is 7.85. The molecule has 0 fully saturated rings. The molecule has 0 saturated heterocycles. The summed E-state index contributed by atoms with van der Waals surface area (Å²) in [6, 6.07) is 4.88. The molecule has 0 spiro atoms. The number of hydrogen-bond acceptors (Lipinski definition) is 3. The van der Waals surface area contributed by atoms with Gasteiger partial charge in [0, 0.05) is 10.4 Å². The van der Waals surface area contributed by atoms with Crippen molar-refractivity contribution in [2.24, 2.45) is 0 Å². The van der Waals surface area contributed by atoms with Crippen LogP contribution >= 0.6 is 11.8 Å². The molecule has 0 aliphatic carbocycles. The molecule has 1 aromatic rings. The zero-order valence-corrected chi connectivity index (χ0v) is 12.4. The fourth-order valence-corrected chi connectivity index (χ4v) is 2.05. The Morgan fingerprint density at radius 1 is 1.32 bits per heavy atom. The Balaban J connectivity index is 2.70. The molecule has 0 bridgehead atoms. The van der Waals surface area contributed by atoms with Crippen molar-refractivity contribution in [1.29, 1.82) is 0 Å². The van der Waals surface area contributed by atoms with Crippen molar-refractivity contribution in [3.8, 4) is 0 Å². The van der Waals surface area contributed by atoms with Gasteiger partial charge in [0.05, 0.1) is 11.3 Å². The fourth-order valence-electron chi connectivity index (χ4n) is 1.41. The molecule has 2 N–H and O–H groups in total. The normalized spacial score (nSPS) is 11.2. The second-order valence-electron chi connectivity index (χ2n) is 5.28. The van der Waals surface area contributed by atoms with E-state index >= 15 is 0 Å². The van der Waals surface area contributed by atoms with Crippen LogP contribution in [-0.2, 0) is 4.79 Å². The van der Waals surface area contributed by atoms with E-state index in [1.807, 2.05) is 20.8 Å². The Morgan fingerprint density at radius 2 is 1.95 bits per heavy atom. The Kier molecular flexibility index (Phi) is 5.00. The van der Waals surface area contributed by atoms with Crippen molar-refractivity contribution >= 4 is 29.3 Å². The van der Waals surface area contributed by atoms with E-state index in [1.165, 1.54) is 6.07 Å². The minimum absolute atomic E-state index is 0.0246. The van der Waals surface area contributed by atoms with E-state index in [0.717, 1.165) is 0 Å². The fraction of sp³-hybridized carbons (Fsp3) is 0.429. The van der Waals surface area contributed by atoms with Crippen molar-refractivity contribution in [3.63, 3.8) is 0 Å². The SMILES string of the molecule is Cc1ccc(NC(=O)CSC(C)(C)C)cc1C(=O)O. The number of benzene rings is 1. The monoisotopic (exact) mass is 281 g/mol. The van der Waals surface area contributed by atoms with Gasteiger partial charge in [0.25, 0.3) is 0 Å². The van der Waals surface area contributed by atoms with E-state index in [1.54, 1.807) is 30.8 Å². The molecular formula is C14H19NO3S. The average molecular weight is 281 g/mol. The molecule has 1 aromatic carbocycles. The van der Waals surface area contributed by atoms with Gasteiger partial charge in [-0.2, -0.15) is 0 Å². The third-order valence-electron chi connectivity index (χ3n) is 2.39. The lowest BCUT2D eigenvalue weighted by atomic mass is 10.1. The molecule has 1 amide bonds. The maximum Gasteiger partial charge on any atom is 0.336 e. The van der Waals surface area contributed by atoms with Crippen LogP contribution < -0.4 is 5.32 Å². The number of hydrogen-bond donors (Lipinski definition) is 2. The Labute approximate surface area is 117 Å². The van der Waals surface area contributed by atoms with Crippen LogP contribution in [0.1, 0.15) is 36.7 Å². The Hall–Kier alpha value is -1.49. The summed E-state index contributed by atoms with van der Waals surface area (Å²) >= 11 is 1.55. The number of thioether (sulfide) groups is 1. The highest BCUT2D eigenvalue weighted by Gasteiger charge is 2.14. The summed E-state index contributed by atoms with van der Waals surface area (Å²) in [6.07, 6.45) is 0. The van der Waals surface area contributed by atoms with Crippen molar-refractivity contribution in [1.82, 2.24) is 0 Å². The van der Waals surface area contributed by atoms with Crippen LogP contribution in [0, 0.1) is 6.92 Å². The standard InChI is InChI=1S/C14H19NO3S/c1-9-5-6-10(7-11(9)13(17)18)15-12(16)8-19-14(2,3)4/h5-7H,8H2,1-4H3,(H,15,16)(H,17,18). The highest BCUT2D eigenvalue weighted by atomic mass is 32.2. The summed E-state index contributed by atoms with van der Waals surface area (Å²) in [5, 5.41) is 11.7. The van der Waals surface area contributed by atoms with Crippen LogP contribution in [0.15, 0.2) is 18.2 Å². The van der Waals surface area contributed by atoms with Gasteiger partial charge in [0.1, 0.15) is 0 Å². The smallest absolute Gasteiger partial charge is 0.336 e. The number of carboxylic acids is 1. The van der Waals surface area contributed by atoms with Gasteiger partial charge in [-0.15, -0.1) is 11.8 Å². The second kappa shape index (κ2) is 6.10. The molecule has 4 nitrogen and oxygen atoms in total. The maximum absolute atomic E-state index is 11.7. The number of carbonyl (C=O) groups excluding carboxylic acids is 1. The number of aryl methyl sites for hydroxylation is 1. The first kappa shape index (κ1) is 15.6. The number of rotatable bonds is 4. The van der Waals surface area contributed by atoms with E-state index in [-0.39, 0.29) is 16.2 Å². The van der Waals surface area contributed by atoms with Crippen LogP contribution in [0.25, 0.3) is 0 Å². The van der Waals surface area contributed by atoms with E-state index in [9.17, 15) is 9.59 Å². The van der Waals surface area contributed by atoms with Gasteiger partial charge in [-0.3, -0.25) is 4.79 Å². The maximum atomic E-state index is 11.7. The molecule has 1 rings (SSSR count). The molecular weight excluding hydrogens is 262 g/mol. The molecule has 5 heteroatoms. The van der Waals surface area contributed by atoms with Crippen LogP contribution in [-0.4, -0.2) is 27.5 Å². The minimum Gasteiger partial charge on any atom is -0.478 e. The first-order valence-electron chi connectivity index (χ1n) is 5.97. The zero-order valence-electron chi connectivity index (χ0n) is 11.6. The largest absolute Gasteiger partial charge is 0.478 e. The van der Waals surface area contributed by atoms with Gasteiger partial charge in [-0.1, -0.05) is 26.8 Å². The average Bonchev–Trinajstić information content (AvgIpc) is 2.28. The molecule has 19 heavy (non-hydrogen) atoms. The molecule has 0 aromatic heterocycles. The molecule has 0 saturated carbocycles. The Bertz CT molecular complexity index is 492. The van der Waals surface area contributed by atoms with Gasteiger partial charge in [-0.25, -0.2) is 4.79 Å². The Morgan fingerprint density at radius 3 is 2.47 bits per heavy atom. The van der Waals surface area contributed by atoms with E-state index in [0.29, 0.717) is 17.0 Å². The molecule has 0 atom stereocenters. The number of carboxylic acid groups (broad SMARTS) is 1. The summed E-state index contributed by atoms with van der Waals surface area (Å²) in [5.41, 5.74) is 1.40. The third-order valence-corrected chi connectivity index (χ3v) is 3.66. The lowest BCUT2D eigenvalue weighted by Crippen LogP contribution is -2.19. The predicted molar refractivity (Wildman–Crippen MR) is 79.0 cm³/mol. The lowest BCUT2D eigenvalue weighted by Gasteiger charge is -2.17. The molecule has 0 radical (unpaired) electrons.